The minimum Gasteiger partial charge on any atom is -0.361 e. The molecule has 0 amide bonds. The highest BCUT2D eigenvalue weighted by Gasteiger charge is 2.12. The lowest BCUT2D eigenvalue weighted by Gasteiger charge is -1.93. The lowest BCUT2D eigenvalue weighted by molar-refractivity contribution is 0.382. The van der Waals surface area contributed by atoms with E-state index in [0.29, 0.717) is 5.76 Å². The highest BCUT2D eigenvalue weighted by Crippen LogP contribution is 2.13. The molecule has 1 rings (SSSR count). The first-order valence-electron chi connectivity index (χ1n) is 3.74. The Kier molecular flexibility index (Phi) is 2.98. The molecule has 1 aromatic heterocycles. The van der Waals surface area contributed by atoms with Gasteiger partial charge in [0.15, 0.2) is 0 Å². The van der Waals surface area contributed by atoms with Gasteiger partial charge in [-0.1, -0.05) is 5.16 Å². The Morgan fingerprint density at radius 3 is 2.46 bits per heavy atom. The molecule has 0 bridgehead atoms. The molecule has 0 aliphatic heterocycles. The summed E-state index contributed by atoms with van der Waals surface area (Å²) >= 11 is 0. The molecule has 13 heavy (non-hydrogen) atoms. The molecule has 1 aromatic rings. The Labute approximate surface area is 81.3 Å². The molecule has 1 heterocycles. The van der Waals surface area contributed by atoms with Crippen molar-refractivity contribution in [2.45, 2.75) is 20.3 Å². The van der Waals surface area contributed by atoms with Crippen molar-refractivity contribution in [3.05, 3.63) is 17.0 Å². The standard InChI is InChI=1S/C7H10ClNO3S/c1-5-6(2)9-12-7(5)3-4-13(8,10)11/h3-4H2,1-2H3. The summed E-state index contributed by atoms with van der Waals surface area (Å²) in [5, 5.41) is 3.70. The van der Waals surface area contributed by atoms with Crippen LogP contribution < -0.4 is 0 Å². The van der Waals surface area contributed by atoms with Crippen LogP contribution in [0.5, 0.6) is 0 Å². The van der Waals surface area contributed by atoms with Gasteiger partial charge >= 0.3 is 0 Å². The van der Waals surface area contributed by atoms with Crippen LogP contribution in [0.25, 0.3) is 0 Å². The van der Waals surface area contributed by atoms with E-state index < -0.39 is 9.05 Å². The van der Waals surface area contributed by atoms with Crippen molar-refractivity contribution in [1.29, 1.82) is 0 Å². The summed E-state index contributed by atoms with van der Waals surface area (Å²) in [5.41, 5.74) is 1.67. The van der Waals surface area contributed by atoms with Crippen LogP contribution in [-0.4, -0.2) is 19.3 Å². The molecule has 0 saturated carbocycles. The fourth-order valence-electron chi connectivity index (χ4n) is 0.910. The van der Waals surface area contributed by atoms with Crippen LogP contribution in [0.2, 0.25) is 0 Å². The first kappa shape index (κ1) is 10.5. The Bertz CT molecular complexity index is 396. The van der Waals surface area contributed by atoms with Crippen LogP contribution in [0.15, 0.2) is 4.52 Å². The molecule has 74 valence electrons. The molecule has 6 heteroatoms. The minimum absolute atomic E-state index is 0.121. The molecule has 0 atom stereocenters. The van der Waals surface area contributed by atoms with Crippen molar-refractivity contribution in [1.82, 2.24) is 5.16 Å². The van der Waals surface area contributed by atoms with Gasteiger partial charge < -0.3 is 4.52 Å². The summed E-state index contributed by atoms with van der Waals surface area (Å²) < 4.78 is 26.2. The van der Waals surface area contributed by atoms with E-state index in [1.54, 1.807) is 6.92 Å². The van der Waals surface area contributed by atoms with Crippen molar-refractivity contribution in [3.63, 3.8) is 0 Å². The van der Waals surface area contributed by atoms with Crippen LogP contribution in [0.1, 0.15) is 17.0 Å². The second-order valence-corrected chi connectivity index (χ2v) is 5.71. The fourth-order valence-corrected chi connectivity index (χ4v) is 1.57. The van der Waals surface area contributed by atoms with E-state index in [1.165, 1.54) is 0 Å². The number of halogens is 1. The van der Waals surface area contributed by atoms with E-state index in [-0.39, 0.29) is 12.2 Å². The normalized spacial score (nSPS) is 11.9. The molecule has 0 aliphatic rings. The second-order valence-electron chi connectivity index (χ2n) is 2.81. The van der Waals surface area contributed by atoms with Crippen molar-refractivity contribution in [2.75, 3.05) is 5.75 Å². The summed E-state index contributed by atoms with van der Waals surface area (Å²) in [7, 11) is 1.61. The average molecular weight is 224 g/mol. The van der Waals surface area contributed by atoms with Crippen LogP contribution >= 0.6 is 10.7 Å². The first-order chi connectivity index (χ1) is 5.90. The monoisotopic (exact) mass is 223 g/mol. The predicted octanol–water partition coefficient (Wildman–Crippen LogP) is 1.40. The number of aryl methyl sites for hydroxylation is 2. The molecule has 0 spiro atoms. The third-order valence-corrected chi connectivity index (χ3v) is 2.98. The van der Waals surface area contributed by atoms with Crippen molar-refractivity contribution >= 4 is 19.7 Å². The molecular weight excluding hydrogens is 214 g/mol. The molecule has 0 N–H and O–H groups in total. The number of nitrogens with zero attached hydrogens (tertiary/aromatic N) is 1. The van der Waals surface area contributed by atoms with Gasteiger partial charge in [0.25, 0.3) is 0 Å². The van der Waals surface area contributed by atoms with E-state index in [2.05, 4.69) is 5.16 Å². The van der Waals surface area contributed by atoms with E-state index >= 15 is 0 Å². The van der Waals surface area contributed by atoms with Crippen molar-refractivity contribution in [3.8, 4) is 0 Å². The molecule has 0 fully saturated rings. The maximum Gasteiger partial charge on any atom is 0.233 e. The van der Waals surface area contributed by atoms with E-state index in [4.69, 9.17) is 15.2 Å². The van der Waals surface area contributed by atoms with Crippen molar-refractivity contribution in [2.24, 2.45) is 0 Å². The lowest BCUT2D eigenvalue weighted by Crippen LogP contribution is -2.01. The average Bonchev–Trinajstić information content (AvgIpc) is 2.29. The van der Waals surface area contributed by atoms with Gasteiger partial charge in [-0.2, -0.15) is 0 Å². The van der Waals surface area contributed by atoms with Crippen LogP contribution in [-0.2, 0) is 15.5 Å². The molecular formula is C7H10ClNO3S. The smallest absolute Gasteiger partial charge is 0.233 e. The topological polar surface area (TPSA) is 60.2 Å². The quantitative estimate of drug-likeness (QED) is 0.727. The SMILES string of the molecule is Cc1noc(CCS(=O)(=O)Cl)c1C. The summed E-state index contributed by atoms with van der Waals surface area (Å²) in [4.78, 5) is 0. The highest BCUT2D eigenvalue weighted by molar-refractivity contribution is 8.13. The summed E-state index contributed by atoms with van der Waals surface area (Å²) in [5.74, 6) is 0.464. The molecule has 0 unspecified atom stereocenters. The predicted molar refractivity (Wildman–Crippen MR) is 49.3 cm³/mol. The maximum atomic E-state index is 10.6. The van der Waals surface area contributed by atoms with Crippen LogP contribution in [0.4, 0.5) is 0 Å². The number of hydrogen-bond donors (Lipinski definition) is 0. The van der Waals surface area contributed by atoms with Gasteiger partial charge in [0.1, 0.15) is 5.76 Å². The largest absolute Gasteiger partial charge is 0.361 e. The molecule has 0 aromatic carbocycles. The van der Waals surface area contributed by atoms with E-state index in [9.17, 15) is 8.42 Å². The Morgan fingerprint density at radius 2 is 2.08 bits per heavy atom. The van der Waals surface area contributed by atoms with Gasteiger partial charge in [0, 0.05) is 22.7 Å². The zero-order chi connectivity index (χ0) is 10.1. The Morgan fingerprint density at radius 1 is 1.46 bits per heavy atom. The van der Waals surface area contributed by atoms with Gasteiger partial charge in [0.2, 0.25) is 9.05 Å². The van der Waals surface area contributed by atoms with E-state index in [1.807, 2.05) is 6.92 Å². The third-order valence-electron chi connectivity index (χ3n) is 1.83. The van der Waals surface area contributed by atoms with Gasteiger partial charge in [0.05, 0.1) is 11.4 Å². The summed E-state index contributed by atoms with van der Waals surface area (Å²) in [6.07, 6.45) is 0.276. The number of aromatic nitrogens is 1. The van der Waals surface area contributed by atoms with Crippen LogP contribution in [0.3, 0.4) is 0 Å². The van der Waals surface area contributed by atoms with Gasteiger partial charge in [-0.25, -0.2) is 8.42 Å². The highest BCUT2D eigenvalue weighted by atomic mass is 35.7. The molecule has 0 aliphatic carbocycles. The molecule has 4 nitrogen and oxygen atoms in total. The molecule has 0 saturated heterocycles. The van der Waals surface area contributed by atoms with Crippen LogP contribution in [0, 0.1) is 13.8 Å². The second kappa shape index (κ2) is 3.67. The number of rotatable bonds is 3. The van der Waals surface area contributed by atoms with E-state index in [0.717, 1.165) is 11.3 Å². The maximum absolute atomic E-state index is 10.6. The van der Waals surface area contributed by atoms with Crippen molar-refractivity contribution < 1.29 is 12.9 Å². The minimum atomic E-state index is -3.45. The lowest BCUT2D eigenvalue weighted by atomic mass is 10.2. The summed E-state index contributed by atoms with van der Waals surface area (Å²) in [6.45, 7) is 3.64. The first-order valence-corrected chi connectivity index (χ1v) is 6.22. The van der Waals surface area contributed by atoms with Gasteiger partial charge in [-0.05, 0) is 13.8 Å². The van der Waals surface area contributed by atoms with Gasteiger partial charge in [-0.15, -0.1) is 0 Å². The fraction of sp³-hybridized carbons (Fsp3) is 0.571. The number of hydrogen-bond acceptors (Lipinski definition) is 4. The Balaban J connectivity index is 2.71. The Hall–Kier alpha value is -0.550. The molecule has 0 radical (unpaired) electrons. The zero-order valence-corrected chi connectivity index (χ0v) is 8.94. The zero-order valence-electron chi connectivity index (χ0n) is 7.37. The van der Waals surface area contributed by atoms with Gasteiger partial charge in [-0.3, -0.25) is 0 Å². The summed E-state index contributed by atoms with van der Waals surface area (Å²) in [6, 6.07) is 0. The third kappa shape index (κ3) is 3.00.